The van der Waals surface area contributed by atoms with Crippen LogP contribution in [-0.2, 0) is 4.74 Å². The molecule has 1 fully saturated rings. The number of morpholine rings is 1. The minimum Gasteiger partial charge on any atom is -0.377 e. The Bertz CT molecular complexity index is 403. The molecule has 1 radical (unpaired) electrons. The Kier molecular flexibility index (Phi) is 3.88. The summed E-state index contributed by atoms with van der Waals surface area (Å²) in [4.78, 5) is 9.95. The summed E-state index contributed by atoms with van der Waals surface area (Å²) < 4.78 is 5.67. The van der Waals surface area contributed by atoms with E-state index in [1.165, 1.54) is 0 Å². The van der Waals surface area contributed by atoms with Gasteiger partial charge in [0.25, 0.3) is 0 Å². The third-order valence-corrected chi connectivity index (χ3v) is 5.06. The van der Waals surface area contributed by atoms with Gasteiger partial charge in [0.1, 0.15) is 10.6 Å². The van der Waals surface area contributed by atoms with Crippen LogP contribution in [0.4, 0.5) is 0 Å². The number of ether oxygens (including phenoxy) is 1. The van der Waals surface area contributed by atoms with Gasteiger partial charge < -0.3 is 4.74 Å². The molecule has 0 N–H and O–H groups in total. The van der Waals surface area contributed by atoms with Crippen molar-refractivity contribution in [3.05, 3.63) is 23.4 Å². The molecule has 0 aliphatic carbocycles. The van der Waals surface area contributed by atoms with Crippen LogP contribution in [0.15, 0.2) is 33.4 Å². The molecule has 1 atom stereocenters. The van der Waals surface area contributed by atoms with Crippen molar-refractivity contribution in [2.75, 3.05) is 31.3 Å². The van der Waals surface area contributed by atoms with Gasteiger partial charge in [0, 0.05) is 41.6 Å². The SMILES string of the molecule is C1=CN=C(C2(C3=CN=CCS3)COCC[N]2)SC1. The maximum absolute atomic E-state index is 5.67. The number of aliphatic imine (C=N–C) groups is 2. The molecule has 3 heterocycles. The molecular formula is C12H14N3OS2. The Labute approximate surface area is 115 Å². The molecule has 3 aliphatic rings. The summed E-state index contributed by atoms with van der Waals surface area (Å²) in [5, 5.41) is 5.88. The molecule has 18 heavy (non-hydrogen) atoms. The minimum absolute atomic E-state index is 0.407. The van der Waals surface area contributed by atoms with Gasteiger partial charge in [-0.05, 0) is 0 Å². The van der Waals surface area contributed by atoms with Gasteiger partial charge in [0.2, 0.25) is 0 Å². The van der Waals surface area contributed by atoms with Crippen LogP contribution in [0.5, 0.6) is 0 Å². The molecule has 4 nitrogen and oxygen atoms in total. The van der Waals surface area contributed by atoms with Gasteiger partial charge in [-0.3, -0.25) is 9.98 Å². The summed E-state index contributed by atoms with van der Waals surface area (Å²) >= 11 is 3.53. The fourth-order valence-corrected chi connectivity index (χ4v) is 4.01. The van der Waals surface area contributed by atoms with Gasteiger partial charge in [-0.25, -0.2) is 5.32 Å². The fourth-order valence-electron chi connectivity index (χ4n) is 2.06. The van der Waals surface area contributed by atoms with E-state index >= 15 is 0 Å². The van der Waals surface area contributed by atoms with Gasteiger partial charge in [-0.2, -0.15) is 0 Å². The molecule has 0 aromatic rings. The Balaban J connectivity index is 1.97. The topological polar surface area (TPSA) is 48.1 Å². The van der Waals surface area contributed by atoms with E-state index in [1.54, 1.807) is 23.5 Å². The van der Waals surface area contributed by atoms with E-state index in [0.717, 1.165) is 28.0 Å². The van der Waals surface area contributed by atoms with Crippen molar-refractivity contribution in [1.29, 1.82) is 0 Å². The number of hydrogen-bond acceptors (Lipinski definition) is 5. The number of nitrogens with zero attached hydrogens (tertiary/aromatic N) is 3. The van der Waals surface area contributed by atoms with E-state index in [-0.39, 0.29) is 0 Å². The molecule has 0 aromatic carbocycles. The number of hydrogen-bond donors (Lipinski definition) is 0. The normalized spacial score (nSPS) is 32.0. The van der Waals surface area contributed by atoms with Gasteiger partial charge >= 0.3 is 0 Å². The maximum Gasteiger partial charge on any atom is 0.139 e. The smallest absolute Gasteiger partial charge is 0.139 e. The zero-order valence-corrected chi connectivity index (χ0v) is 11.5. The highest BCUT2D eigenvalue weighted by Gasteiger charge is 2.44. The van der Waals surface area contributed by atoms with E-state index in [9.17, 15) is 0 Å². The van der Waals surface area contributed by atoms with Crippen molar-refractivity contribution < 1.29 is 4.74 Å². The van der Waals surface area contributed by atoms with E-state index < -0.39 is 5.54 Å². The Morgan fingerprint density at radius 2 is 2.28 bits per heavy atom. The average Bonchev–Trinajstić information content (AvgIpc) is 2.50. The van der Waals surface area contributed by atoms with Crippen molar-refractivity contribution in [2.45, 2.75) is 5.54 Å². The van der Waals surface area contributed by atoms with Gasteiger partial charge in [-0.15, -0.1) is 23.5 Å². The summed E-state index contributed by atoms with van der Waals surface area (Å²) in [6.45, 7) is 2.02. The standard InChI is InChI=1S/C12H14N3OS2/c1-2-14-11(18-6-1)12(9-16-5-3-15-12)10-8-13-4-7-17-10/h1-2,4,8H,3,5-7,9H2. The molecule has 0 spiro atoms. The first-order chi connectivity index (χ1) is 8.92. The molecule has 0 aromatic heterocycles. The van der Waals surface area contributed by atoms with Crippen molar-refractivity contribution >= 4 is 34.8 Å². The van der Waals surface area contributed by atoms with Crippen molar-refractivity contribution in [3.63, 3.8) is 0 Å². The summed E-state index contributed by atoms with van der Waals surface area (Å²) in [5.41, 5.74) is -0.407. The lowest BCUT2D eigenvalue weighted by molar-refractivity contribution is 0.0697. The lowest BCUT2D eigenvalue weighted by Gasteiger charge is -2.39. The molecule has 0 saturated carbocycles. The molecule has 3 aliphatic heterocycles. The molecule has 0 amide bonds. The van der Waals surface area contributed by atoms with Crippen LogP contribution in [0.3, 0.4) is 0 Å². The molecule has 1 unspecified atom stereocenters. The lowest BCUT2D eigenvalue weighted by Crippen LogP contribution is -2.55. The maximum atomic E-state index is 5.67. The Morgan fingerprint density at radius 3 is 2.94 bits per heavy atom. The van der Waals surface area contributed by atoms with Crippen LogP contribution in [0.1, 0.15) is 0 Å². The Hall–Kier alpha value is -0.560. The van der Waals surface area contributed by atoms with Crippen LogP contribution in [-0.4, -0.2) is 48.1 Å². The van der Waals surface area contributed by atoms with Crippen molar-refractivity contribution in [3.8, 4) is 0 Å². The average molecular weight is 280 g/mol. The number of rotatable bonds is 2. The molecule has 95 valence electrons. The van der Waals surface area contributed by atoms with Gasteiger partial charge in [0.05, 0.1) is 13.2 Å². The first-order valence-electron chi connectivity index (χ1n) is 5.89. The summed E-state index contributed by atoms with van der Waals surface area (Å²) in [6, 6.07) is 0. The number of thioether (sulfide) groups is 2. The highest BCUT2D eigenvalue weighted by Crippen LogP contribution is 2.37. The molecular weight excluding hydrogens is 266 g/mol. The minimum atomic E-state index is -0.407. The third-order valence-electron chi connectivity index (χ3n) is 2.91. The second kappa shape index (κ2) is 5.61. The van der Waals surface area contributed by atoms with Crippen LogP contribution < -0.4 is 5.32 Å². The van der Waals surface area contributed by atoms with E-state index in [0.29, 0.717) is 13.2 Å². The highest BCUT2D eigenvalue weighted by atomic mass is 32.2. The van der Waals surface area contributed by atoms with Crippen LogP contribution in [0, 0.1) is 0 Å². The predicted octanol–water partition coefficient (Wildman–Crippen LogP) is 1.68. The highest BCUT2D eigenvalue weighted by molar-refractivity contribution is 8.14. The van der Waals surface area contributed by atoms with E-state index in [2.05, 4.69) is 16.1 Å². The Morgan fingerprint density at radius 1 is 1.28 bits per heavy atom. The van der Waals surface area contributed by atoms with E-state index in [1.807, 2.05) is 18.6 Å². The molecule has 6 heteroatoms. The quantitative estimate of drug-likeness (QED) is 0.773. The molecule has 0 bridgehead atoms. The van der Waals surface area contributed by atoms with E-state index in [4.69, 9.17) is 10.1 Å². The van der Waals surface area contributed by atoms with Crippen LogP contribution >= 0.6 is 23.5 Å². The van der Waals surface area contributed by atoms with Gasteiger partial charge in [0.15, 0.2) is 0 Å². The largest absolute Gasteiger partial charge is 0.377 e. The second-order valence-electron chi connectivity index (χ2n) is 4.06. The second-order valence-corrected chi connectivity index (χ2v) is 6.13. The predicted molar refractivity (Wildman–Crippen MR) is 78.6 cm³/mol. The molecule has 1 saturated heterocycles. The monoisotopic (exact) mass is 280 g/mol. The summed E-state index contributed by atoms with van der Waals surface area (Å²) in [5.74, 6) is 1.86. The van der Waals surface area contributed by atoms with Crippen molar-refractivity contribution in [2.24, 2.45) is 9.98 Å². The summed E-state index contributed by atoms with van der Waals surface area (Å²) in [6.07, 6.45) is 7.76. The zero-order chi connectivity index (χ0) is 12.3. The summed E-state index contributed by atoms with van der Waals surface area (Å²) in [7, 11) is 0. The van der Waals surface area contributed by atoms with Crippen LogP contribution in [0.25, 0.3) is 0 Å². The third kappa shape index (κ3) is 2.30. The van der Waals surface area contributed by atoms with Crippen molar-refractivity contribution in [1.82, 2.24) is 5.32 Å². The molecule has 3 rings (SSSR count). The zero-order valence-electron chi connectivity index (χ0n) is 9.91. The first kappa shape index (κ1) is 12.5. The first-order valence-corrected chi connectivity index (χ1v) is 7.86. The fraction of sp³-hybridized carbons (Fsp3) is 0.500. The lowest BCUT2D eigenvalue weighted by atomic mass is 10.00. The van der Waals surface area contributed by atoms with Crippen LogP contribution in [0.2, 0.25) is 0 Å². The van der Waals surface area contributed by atoms with Gasteiger partial charge in [-0.1, -0.05) is 6.08 Å².